The van der Waals surface area contributed by atoms with Gasteiger partial charge in [0.05, 0.1) is 12.6 Å². The Kier molecular flexibility index (Phi) is 4.87. The van der Waals surface area contributed by atoms with E-state index in [1.807, 2.05) is 30.5 Å². The predicted molar refractivity (Wildman–Crippen MR) is 112 cm³/mol. The number of likely N-dealkylation sites (tertiary alicyclic amines) is 1. The van der Waals surface area contributed by atoms with Crippen LogP contribution in [0.5, 0.6) is 0 Å². The number of benzene rings is 1. The Balaban J connectivity index is 1.15. The van der Waals surface area contributed by atoms with Crippen molar-refractivity contribution in [3.8, 4) is 0 Å². The van der Waals surface area contributed by atoms with Gasteiger partial charge < -0.3 is 14.6 Å². The number of nitrogens with one attached hydrogen (secondary N) is 1. The summed E-state index contributed by atoms with van der Waals surface area (Å²) in [5.74, 6) is 2.83. The zero-order chi connectivity index (χ0) is 18.8. The molecule has 2 aromatic heterocycles. The average molecular weight is 377 g/mol. The summed E-state index contributed by atoms with van der Waals surface area (Å²) in [6.07, 6.45) is 7.05. The lowest BCUT2D eigenvalue weighted by Gasteiger charge is -2.39. The molecule has 2 saturated heterocycles. The number of aromatic nitrogens is 2. The quantitative estimate of drug-likeness (QED) is 0.728. The van der Waals surface area contributed by atoms with Crippen LogP contribution in [0.3, 0.4) is 0 Å². The van der Waals surface area contributed by atoms with Gasteiger partial charge in [0.25, 0.3) is 0 Å². The molecule has 28 heavy (non-hydrogen) atoms. The lowest BCUT2D eigenvalue weighted by Crippen LogP contribution is -2.54. The van der Waals surface area contributed by atoms with Crippen LogP contribution < -0.4 is 10.2 Å². The predicted octanol–water partition coefficient (Wildman–Crippen LogP) is 3.90. The lowest BCUT2D eigenvalue weighted by molar-refractivity contribution is 0.142. The summed E-state index contributed by atoms with van der Waals surface area (Å²) >= 11 is 0. The summed E-state index contributed by atoms with van der Waals surface area (Å²) in [7, 11) is 0. The highest BCUT2D eigenvalue weighted by Crippen LogP contribution is 2.23. The molecule has 6 nitrogen and oxygen atoms in total. The van der Waals surface area contributed by atoms with E-state index in [9.17, 15) is 0 Å². The van der Waals surface area contributed by atoms with Crippen LogP contribution in [0.4, 0.5) is 11.8 Å². The normalized spacial score (nSPS) is 18.8. The molecule has 2 aliphatic heterocycles. The van der Waals surface area contributed by atoms with Crippen molar-refractivity contribution in [2.24, 2.45) is 0 Å². The van der Waals surface area contributed by atoms with Crippen LogP contribution in [0.25, 0.3) is 11.0 Å². The minimum absolute atomic E-state index is 0.392. The van der Waals surface area contributed by atoms with Crippen LogP contribution in [0, 0.1) is 0 Å². The van der Waals surface area contributed by atoms with Crippen molar-refractivity contribution in [3.05, 3.63) is 48.4 Å². The Morgan fingerprint density at radius 1 is 1.04 bits per heavy atom. The van der Waals surface area contributed by atoms with Crippen molar-refractivity contribution in [1.29, 1.82) is 0 Å². The van der Waals surface area contributed by atoms with Crippen molar-refractivity contribution in [1.82, 2.24) is 14.9 Å². The van der Waals surface area contributed by atoms with Crippen molar-refractivity contribution < 1.29 is 4.42 Å². The van der Waals surface area contributed by atoms with Gasteiger partial charge in [0, 0.05) is 37.8 Å². The highest BCUT2D eigenvalue weighted by Gasteiger charge is 2.28. The second-order valence-corrected chi connectivity index (χ2v) is 7.93. The van der Waals surface area contributed by atoms with Gasteiger partial charge in [0.15, 0.2) is 0 Å². The number of rotatable bonds is 5. The molecule has 5 rings (SSSR count). The molecule has 0 aliphatic carbocycles. The van der Waals surface area contributed by atoms with Gasteiger partial charge in [-0.1, -0.05) is 31.0 Å². The molecule has 3 aromatic rings. The molecule has 0 unspecified atom stereocenters. The molecule has 0 radical (unpaired) electrons. The molecule has 0 spiro atoms. The summed E-state index contributed by atoms with van der Waals surface area (Å²) in [5, 5.41) is 4.67. The van der Waals surface area contributed by atoms with Crippen LogP contribution in [-0.4, -0.2) is 47.1 Å². The number of nitrogens with zero attached hydrogens (tertiary/aromatic N) is 4. The second kappa shape index (κ2) is 7.80. The summed E-state index contributed by atoms with van der Waals surface area (Å²) in [6.45, 7) is 5.01. The van der Waals surface area contributed by atoms with E-state index < -0.39 is 0 Å². The van der Waals surface area contributed by atoms with Crippen LogP contribution in [0.15, 0.2) is 47.0 Å². The van der Waals surface area contributed by atoms with Crippen LogP contribution in [-0.2, 0) is 6.54 Å². The van der Waals surface area contributed by atoms with E-state index in [1.165, 1.54) is 31.1 Å². The van der Waals surface area contributed by atoms with Crippen molar-refractivity contribution in [2.75, 3.05) is 36.4 Å². The van der Waals surface area contributed by atoms with Gasteiger partial charge in [0.1, 0.15) is 17.2 Å². The summed E-state index contributed by atoms with van der Waals surface area (Å²) < 4.78 is 5.93. The fourth-order valence-corrected chi connectivity index (χ4v) is 4.20. The molecule has 2 aliphatic rings. The molecule has 0 bridgehead atoms. The zero-order valence-corrected chi connectivity index (χ0v) is 16.2. The van der Waals surface area contributed by atoms with Crippen LogP contribution >= 0.6 is 0 Å². The summed E-state index contributed by atoms with van der Waals surface area (Å²) in [4.78, 5) is 14.0. The van der Waals surface area contributed by atoms with Gasteiger partial charge in [-0.25, -0.2) is 4.98 Å². The fourth-order valence-electron chi connectivity index (χ4n) is 4.20. The molecule has 2 fully saturated rings. The van der Waals surface area contributed by atoms with Crippen molar-refractivity contribution >= 4 is 22.7 Å². The minimum atomic E-state index is 0.392. The molecular weight excluding hydrogens is 350 g/mol. The number of furan rings is 1. The van der Waals surface area contributed by atoms with Crippen LogP contribution in [0.1, 0.15) is 31.4 Å². The molecule has 1 N–H and O–H groups in total. The molecular formula is C22H27N5O. The van der Waals surface area contributed by atoms with Crippen molar-refractivity contribution in [2.45, 2.75) is 38.3 Å². The molecule has 146 valence electrons. The van der Waals surface area contributed by atoms with Gasteiger partial charge in [-0.2, -0.15) is 4.98 Å². The number of para-hydroxylation sites is 1. The van der Waals surface area contributed by atoms with Gasteiger partial charge in [-0.05, 0) is 31.0 Å². The highest BCUT2D eigenvalue weighted by atomic mass is 16.3. The van der Waals surface area contributed by atoms with E-state index in [-0.39, 0.29) is 0 Å². The standard InChI is InChI=1S/C22H27N5O/c1-2-6-12-27(11-5-1)21-9-10-23-22(25-21)24-18-14-26(15-18)16-19-13-17-7-3-4-8-20(17)28-19/h3-4,7-10,13,18H,1-2,5-6,11-12,14-16H2,(H,23,24,25). The third-order valence-corrected chi connectivity index (χ3v) is 5.72. The topological polar surface area (TPSA) is 57.4 Å². The second-order valence-electron chi connectivity index (χ2n) is 7.93. The third kappa shape index (κ3) is 3.83. The van der Waals surface area contributed by atoms with Gasteiger partial charge >= 0.3 is 0 Å². The molecule has 0 saturated carbocycles. The van der Waals surface area contributed by atoms with Crippen molar-refractivity contribution in [3.63, 3.8) is 0 Å². The molecule has 0 amide bonds. The highest BCUT2D eigenvalue weighted by molar-refractivity contribution is 5.77. The first kappa shape index (κ1) is 17.5. The number of hydrogen-bond acceptors (Lipinski definition) is 6. The Morgan fingerprint density at radius 3 is 2.68 bits per heavy atom. The lowest BCUT2D eigenvalue weighted by atomic mass is 10.1. The Morgan fingerprint density at radius 2 is 1.86 bits per heavy atom. The summed E-state index contributed by atoms with van der Waals surface area (Å²) in [6, 6.07) is 12.7. The first-order valence-corrected chi connectivity index (χ1v) is 10.4. The first-order chi connectivity index (χ1) is 13.8. The summed E-state index contributed by atoms with van der Waals surface area (Å²) in [5.41, 5.74) is 0.964. The van der Waals surface area contributed by atoms with E-state index in [0.29, 0.717) is 6.04 Å². The van der Waals surface area contributed by atoms with E-state index in [1.54, 1.807) is 0 Å². The maximum atomic E-state index is 5.93. The Bertz CT molecular complexity index is 892. The number of anilines is 2. The van der Waals surface area contributed by atoms with E-state index in [0.717, 1.165) is 55.8 Å². The van der Waals surface area contributed by atoms with Crippen LogP contribution in [0.2, 0.25) is 0 Å². The van der Waals surface area contributed by atoms with E-state index in [2.05, 4.69) is 32.2 Å². The zero-order valence-electron chi connectivity index (χ0n) is 16.2. The van der Waals surface area contributed by atoms with E-state index >= 15 is 0 Å². The SMILES string of the molecule is c1ccc2oc(CN3CC(Nc4nccc(N5CCCCCC5)n4)C3)cc2c1. The Labute approximate surface area is 165 Å². The van der Waals surface area contributed by atoms with Gasteiger partial charge in [0.2, 0.25) is 5.95 Å². The molecule has 1 aromatic carbocycles. The monoisotopic (exact) mass is 377 g/mol. The van der Waals surface area contributed by atoms with Gasteiger partial charge in [-0.3, -0.25) is 4.90 Å². The third-order valence-electron chi connectivity index (χ3n) is 5.72. The fraction of sp³-hybridized carbons (Fsp3) is 0.455. The van der Waals surface area contributed by atoms with E-state index in [4.69, 9.17) is 9.40 Å². The molecule has 0 atom stereocenters. The maximum absolute atomic E-state index is 5.93. The molecule has 4 heterocycles. The minimum Gasteiger partial charge on any atom is -0.460 e. The van der Waals surface area contributed by atoms with Gasteiger partial charge in [-0.15, -0.1) is 0 Å². The largest absolute Gasteiger partial charge is 0.460 e. The smallest absolute Gasteiger partial charge is 0.224 e. The first-order valence-electron chi connectivity index (χ1n) is 10.4. The Hall–Kier alpha value is -2.60. The number of fused-ring (bicyclic) bond motifs is 1. The average Bonchev–Trinajstić information content (AvgIpc) is 2.90. The number of hydrogen-bond donors (Lipinski definition) is 1. The molecule has 6 heteroatoms. The maximum Gasteiger partial charge on any atom is 0.224 e.